The third kappa shape index (κ3) is 4.58. The number of carbonyl (C=O) groups excluding carboxylic acids is 1. The van der Waals surface area contributed by atoms with E-state index in [2.05, 4.69) is 56.2 Å². The van der Waals surface area contributed by atoms with Crippen LogP contribution < -0.4 is 5.32 Å². The fourth-order valence-corrected chi connectivity index (χ4v) is 3.22. The molecule has 1 amide bonds. The summed E-state index contributed by atoms with van der Waals surface area (Å²) in [6.07, 6.45) is 1.68. The molecule has 0 saturated carbocycles. The van der Waals surface area contributed by atoms with Crippen molar-refractivity contribution in [2.24, 2.45) is 0 Å². The van der Waals surface area contributed by atoms with Crippen molar-refractivity contribution in [3.63, 3.8) is 0 Å². The molecule has 0 aliphatic heterocycles. The van der Waals surface area contributed by atoms with Crippen LogP contribution in [-0.2, 0) is 10.2 Å². The number of amides is 1. The molecule has 0 unspecified atom stereocenters. The van der Waals surface area contributed by atoms with Gasteiger partial charge in [0.25, 0.3) is 0 Å². The van der Waals surface area contributed by atoms with Gasteiger partial charge >= 0.3 is 0 Å². The second kappa shape index (κ2) is 6.62. The SMILES string of the molecule is Cc1ccc(C(C)(C)C)cc1SCC(=O)Nc1nccs1. The van der Waals surface area contributed by atoms with Crippen molar-refractivity contribution in [2.75, 3.05) is 11.1 Å². The van der Waals surface area contributed by atoms with Crippen LogP contribution in [0.5, 0.6) is 0 Å². The number of carbonyl (C=O) groups is 1. The van der Waals surface area contributed by atoms with Crippen LogP contribution in [0.25, 0.3) is 0 Å². The minimum absolute atomic E-state index is 0.0180. The van der Waals surface area contributed by atoms with E-state index in [1.807, 2.05) is 5.38 Å². The molecule has 1 aromatic heterocycles. The van der Waals surface area contributed by atoms with Crippen LogP contribution in [0.4, 0.5) is 5.13 Å². The van der Waals surface area contributed by atoms with Crippen molar-refractivity contribution in [1.82, 2.24) is 4.98 Å². The van der Waals surface area contributed by atoms with E-state index in [0.717, 1.165) is 4.90 Å². The summed E-state index contributed by atoms with van der Waals surface area (Å²) in [5.74, 6) is 0.379. The molecular weight excluding hydrogens is 300 g/mol. The average Bonchev–Trinajstić information content (AvgIpc) is 2.89. The summed E-state index contributed by atoms with van der Waals surface area (Å²) in [6, 6.07) is 6.48. The Morgan fingerprint density at radius 2 is 2.14 bits per heavy atom. The van der Waals surface area contributed by atoms with Crippen molar-refractivity contribution in [2.45, 2.75) is 38.0 Å². The van der Waals surface area contributed by atoms with Crippen LogP contribution in [0.1, 0.15) is 31.9 Å². The van der Waals surface area contributed by atoms with E-state index >= 15 is 0 Å². The van der Waals surface area contributed by atoms with Crippen LogP contribution in [-0.4, -0.2) is 16.6 Å². The number of nitrogens with zero attached hydrogens (tertiary/aromatic N) is 1. The number of hydrogen-bond donors (Lipinski definition) is 1. The predicted octanol–water partition coefficient (Wildman–Crippen LogP) is 4.48. The van der Waals surface area contributed by atoms with Gasteiger partial charge in [0.15, 0.2) is 5.13 Å². The summed E-state index contributed by atoms with van der Waals surface area (Å²) < 4.78 is 0. The Bertz CT molecular complexity index is 616. The molecule has 2 rings (SSSR count). The highest BCUT2D eigenvalue weighted by atomic mass is 32.2. The zero-order valence-electron chi connectivity index (χ0n) is 12.8. The minimum Gasteiger partial charge on any atom is -0.301 e. The number of anilines is 1. The number of thioether (sulfide) groups is 1. The average molecular weight is 320 g/mol. The zero-order chi connectivity index (χ0) is 15.5. The molecule has 112 valence electrons. The molecule has 0 radical (unpaired) electrons. The number of nitrogens with one attached hydrogen (secondary N) is 1. The number of benzene rings is 1. The van der Waals surface area contributed by atoms with Gasteiger partial charge in [-0.05, 0) is 29.5 Å². The van der Waals surface area contributed by atoms with Crippen LogP contribution in [0.3, 0.4) is 0 Å². The highest BCUT2D eigenvalue weighted by molar-refractivity contribution is 8.00. The Morgan fingerprint density at radius 1 is 1.38 bits per heavy atom. The molecule has 0 fully saturated rings. The highest BCUT2D eigenvalue weighted by Gasteiger charge is 2.15. The zero-order valence-corrected chi connectivity index (χ0v) is 14.4. The van der Waals surface area contributed by atoms with Crippen molar-refractivity contribution in [3.05, 3.63) is 40.9 Å². The van der Waals surface area contributed by atoms with Gasteiger partial charge in [-0.25, -0.2) is 4.98 Å². The molecular formula is C16H20N2OS2. The van der Waals surface area contributed by atoms with E-state index in [9.17, 15) is 4.79 Å². The maximum absolute atomic E-state index is 11.9. The maximum atomic E-state index is 11.9. The Kier molecular flexibility index (Phi) is 5.06. The molecule has 1 N–H and O–H groups in total. The van der Waals surface area contributed by atoms with E-state index < -0.39 is 0 Å². The third-order valence-electron chi connectivity index (χ3n) is 3.09. The standard InChI is InChI=1S/C16H20N2OS2/c1-11-5-6-12(16(2,3)4)9-13(11)21-10-14(19)18-15-17-7-8-20-15/h5-9H,10H2,1-4H3,(H,17,18,19). The van der Waals surface area contributed by atoms with Gasteiger partial charge in [-0.1, -0.05) is 32.9 Å². The van der Waals surface area contributed by atoms with Gasteiger partial charge in [0.1, 0.15) is 0 Å². The molecule has 0 aliphatic carbocycles. The third-order valence-corrected chi connectivity index (χ3v) is 4.94. The van der Waals surface area contributed by atoms with E-state index in [4.69, 9.17) is 0 Å². The van der Waals surface area contributed by atoms with Crippen LogP contribution in [0, 0.1) is 6.92 Å². The Labute approximate surface area is 134 Å². The Balaban J connectivity index is 2.01. The quantitative estimate of drug-likeness (QED) is 0.845. The van der Waals surface area contributed by atoms with E-state index in [1.54, 1.807) is 18.0 Å². The van der Waals surface area contributed by atoms with Gasteiger partial charge in [0.05, 0.1) is 5.75 Å². The van der Waals surface area contributed by atoms with Crippen molar-refractivity contribution in [3.8, 4) is 0 Å². The van der Waals surface area contributed by atoms with Crippen molar-refractivity contribution >= 4 is 34.1 Å². The molecule has 21 heavy (non-hydrogen) atoms. The number of rotatable bonds is 4. The molecule has 0 bridgehead atoms. The fourth-order valence-electron chi connectivity index (χ4n) is 1.81. The number of aryl methyl sites for hydroxylation is 1. The lowest BCUT2D eigenvalue weighted by Gasteiger charge is -2.20. The Hall–Kier alpha value is -1.33. The minimum atomic E-state index is -0.0180. The maximum Gasteiger partial charge on any atom is 0.236 e. The molecule has 0 aliphatic rings. The second-order valence-corrected chi connectivity index (χ2v) is 7.82. The van der Waals surface area contributed by atoms with E-state index in [-0.39, 0.29) is 11.3 Å². The van der Waals surface area contributed by atoms with Crippen LogP contribution in [0.2, 0.25) is 0 Å². The molecule has 3 nitrogen and oxygen atoms in total. The molecule has 5 heteroatoms. The summed E-state index contributed by atoms with van der Waals surface area (Å²) in [4.78, 5) is 17.1. The molecule has 0 saturated heterocycles. The van der Waals surface area contributed by atoms with Gasteiger partial charge in [-0.3, -0.25) is 4.79 Å². The first kappa shape index (κ1) is 16.0. The smallest absolute Gasteiger partial charge is 0.236 e. The van der Waals surface area contributed by atoms with Crippen molar-refractivity contribution < 1.29 is 4.79 Å². The van der Waals surface area contributed by atoms with E-state index in [0.29, 0.717) is 10.9 Å². The summed E-state index contributed by atoms with van der Waals surface area (Å²) in [7, 11) is 0. The van der Waals surface area contributed by atoms with E-state index in [1.165, 1.54) is 22.5 Å². The normalized spacial score (nSPS) is 11.4. The monoisotopic (exact) mass is 320 g/mol. The number of hydrogen-bond acceptors (Lipinski definition) is 4. The van der Waals surface area contributed by atoms with Gasteiger partial charge < -0.3 is 5.32 Å². The number of aromatic nitrogens is 1. The summed E-state index contributed by atoms with van der Waals surface area (Å²) >= 11 is 3.00. The molecule has 1 heterocycles. The van der Waals surface area contributed by atoms with Gasteiger partial charge in [0.2, 0.25) is 5.91 Å². The molecule has 1 aromatic carbocycles. The summed E-state index contributed by atoms with van der Waals surface area (Å²) in [5.41, 5.74) is 2.61. The first-order chi connectivity index (χ1) is 9.86. The number of thiazole rings is 1. The molecule has 2 aromatic rings. The molecule has 0 atom stereocenters. The summed E-state index contributed by atoms with van der Waals surface area (Å²) in [5, 5.41) is 5.30. The topological polar surface area (TPSA) is 42.0 Å². The van der Waals surface area contributed by atoms with Gasteiger partial charge in [-0.2, -0.15) is 0 Å². The lowest BCUT2D eigenvalue weighted by molar-refractivity contribution is -0.113. The highest BCUT2D eigenvalue weighted by Crippen LogP contribution is 2.29. The summed E-state index contributed by atoms with van der Waals surface area (Å²) in [6.45, 7) is 8.66. The van der Waals surface area contributed by atoms with Gasteiger partial charge in [-0.15, -0.1) is 23.1 Å². The molecule has 0 spiro atoms. The van der Waals surface area contributed by atoms with Crippen LogP contribution in [0.15, 0.2) is 34.7 Å². The lowest BCUT2D eigenvalue weighted by Crippen LogP contribution is -2.14. The fraction of sp³-hybridized carbons (Fsp3) is 0.375. The predicted molar refractivity (Wildman–Crippen MR) is 91.3 cm³/mol. The Morgan fingerprint density at radius 3 is 2.76 bits per heavy atom. The largest absolute Gasteiger partial charge is 0.301 e. The first-order valence-corrected chi connectivity index (χ1v) is 8.66. The first-order valence-electron chi connectivity index (χ1n) is 6.79. The second-order valence-electron chi connectivity index (χ2n) is 5.90. The lowest BCUT2D eigenvalue weighted by atomic mass is 9.87. The van der Waals surface area contributed by atoms with Gasteiger partial charge in [0, 0.05) is 16.5 Å². The van der Waals surface area contributed by atoms with Crippen LogP contribution >= 0.6 is 23.1 Å². The van der Waals surface area contributed by atoms with Crippen molar-refractivity contribution in [1.29, 1.82) is 0 Å².